The molecule has 9 heteroatoms. The van der Waals surface area contributed by atoms with Crippen LogP contribution < -0.4 is 16.6 Å². The van der Waals surface area contributed by atoms with Crippen molar-refractivity contribution in [3.8, 4) is 0 Å². The number of hydrogen-bond acceptors (Lipinski definition) is 5. The zero-order valence-electron chi connectivity index (χ0n) is 15.1. The van der Waals surface area contributed by atoms with Crippen molar-refractivity contribution in [2.24, 2.45) is 5.73 Å². The Hall–Kier alpha value is -2.84. The first-order valence-corrected chi connectivity index (χ1v) is 8.55. The molecule has 140 valence electrons. The van der Waals surface area contributed by atoms with Gasteiger partial charge in [0, 0.05) is 24.7 Å². The molecule has 1 aliphatic carbocycles. The second kappa shape index (κ2) is 6.47. The van der Waals surface area contributed by atoms with Gasteiger partial charge in [0.25, 0.3) is 11.5 Å². The highest BCUT2D eigenvalue weighted by molar-refractivity contribution is 6.06. The maximum absolute atomic E-state index is 12.3. The number of carbonyl (C=O) groups is 2. The maximum atomic E-state index is 12.3. The van der Waals surface area contributed by atoms with Crippen LogP contribution in [0.1, 0.15) is 55.6 Å². The number of fused-ring (bicyclic) bond motifs is 1. The molecule has 2 amide bonds. The number of aromatic nitrogens is 3. The molecule has 0 spiro atoms. The molecule has 1 aliphatic rings. The number of carbonyl (C=O) groups excluding carboxylic acids is 2. The molecule has 4 N–H and O–H groups in total. The fourth-order valence-corrected chi connectivity index (χ4v) is 3.04. The number of nitrogens with one attached hydrogen (secondary N) is 2. The van der Waals surface area contributed by atoms with Crippen molar-refractivity contribution in [3.63, 3.8) is 0 Å². The van der Waals surface area contributed by atoms with Crippen molar-refractivity contribution < 1.29 is 14.3 Å². The van der Waals surface area contributed by atoms with E-state index in [9.17, 15) is 14.4 Å². The van der Waals surface area contributed by atoms with E-state index in [1.807, 2.05) is 0 Å². The van der Waals surface area contributed by atoms with Crippen molar-refractivity contribution in [1.82, 2.24) is 19.9 Å². The average molecular weight is 361 g/mol. The van der Waals surface area contributed by atoms with Gasteiger partial charge in [0.15, 0.2) is 0 Å². The molecule has 26 heavy (non-hydrogen) atoms. The van der Waals surface area contributed by atoms with Crippen LogP contribution in [0.25, 0.3) is 11.0 Å². The van der Waals surface area contributed by atoms with Gasteiger partial charge in [0.2, 0.25) is 0 Å². The van der Waals surface area contributed by atoms with E-state index in [0.29, 0.717) is 23.1 Å². The molecule has 9 nitrogen and oxygen atoms in total. The minimum Gasteiger partial charge on any atom is -0.444 e. The van der Waals surface area contributed by atoms with E-state index >= 15 is 0 Å². The molecule has 2 aromatic heterocycles. The van der Waals surface area contributed by atoms with Gasteiger partial charge in [0.05, 0.1) is 11.9 Å². The lowest BCUT2D eigenvalue weighted by atomic mass is 10.1. The molecule has 0 aromatic carbocycles. The smallest absolute Gasteiger partial charge is 0.407 e. The molecular weight excluding hydrogens is 338 g/mol. The van der Waals surface area contributed by atoms with Crippen LogP contribution in [-0.4, -0.2) is 38.7 Å². The fourth-order valence-electron chi connectivity index (χ4n) is 3.04. The van der Waals surface area contributed by atoms with Crippen LogP contribution >= 0.6 is 0 Å². The molecule has 2 heterocycles. The van der Waals surface area contributed by atoms with Crippen molar-refractivity contribution in [1.29, 1.82) is 0 Å². The zero-order valence-corrected chi connectivity index (χ0v) is 15.1. The van der Waals surface area contributed by atoms with Crippen molar-refractivity contribution in [3.05, 3.63) is 27.9 Å². The molecule has 0 aliphatic heterocycles. The minimum atomic E-state index is -0.603. The molecule has 1 saturated carbocycles. The van der Waals surface area contributed by atoms with Crippen LogP contribution in [-0.2, 0) is 11.3 Å². The van der Waals surface area contributed by atoms with Crippen LogP contribution in [0.3, 0.4) is 0 Å². The first-order valence-electron chi connectivity index (χ1n) is 8.55. The van der Waals surface area contributed by atoms with E-state index in [-0.39, 0.29) is 18.0 Å². The van der Waals surface area contributed by atoms with Gasteiger partial charge in [0.1, 0.15) is 16.6 Å². The lowest BCUT2D eigenvalue weighted by Gasteiger charge is -2.20. The third kappa shape index (κ3) is 3.56. The van der Waals surface area contributed by atoms with E-state index in [2.05, 4.69) is 15.3 Å². The number of nitrogens with two attached hydrogens (primary N) is 1. The molecule has 0 radical (unpaired) electrons. The van der Waals surface area contributed by atoms with Crippen LogP contribution in [0.15, 0.2) is 11.1 Å². The third-order valence-electron chi connectivity index (χ3n) is 4.10. The zero-order chi connectivity index (χ0) is 19.1. The summed E-state index contributed by atoms with van der Waals surface area (Å²) < 4.78 is 6.95. The SMILES string of the molecule is CC(C)(C)OC(=O)NCCn1c(C2CC2)c(C(N)=O)c2nc[nH]c(=O)c21. The normalized spacial score (nSPS) is 14.4. The summed E-state index contributed by atoms with van der Waals surface area (Å²) in [6.45, 7) is 5.89. The lowest BCUT2D eigenvalue weighted by molar-refractivity contribution is 0.0526. The van der Waals surface area contributed by atoms with Gasteiger partial charge in [-0.2, -0.15) is 0 Å². The molecule has 1 fully saturated rings. The lowest BCUT2D eigenvalue weighted by Crippen LogP contribution is -2.34. The third-order valence-corrected chi connectivity index (χ3v) is 4.10. The van der Waals surface area contributed by atoms with E-state index in [0.717, 1.165) is 18.5 Å². The number of aromatic amines is 1. The molecule has 2 aromatic rings. The Balaban J connectivity index is 1.92. The molecule has 0 unspecified atom stereocenters. The summed E-state index contributed by atoms with van der Waals surface area (Å²) in [6.07, 6.45) is 2.57. The first-order chi connectivity index (χ1) is 12.2. The summed E-state index contributed by atoms with van der Waals surface area (Å²) in [5.41, 5.74) is 6.25. The minimum absolute atomic E-state index is 0.174. The standard InChI is InChI=1S/C17H23N5O4/c1-17(2,3)26-16(25)19-6-7-22-12(9-4-5-9)10(14(18)23)11-13(22)15(24)21-8-20-11/h8-9H,4-7H2,1-3H3,(H2,18,23)(H,19,25)(H,20,21,24). The van der Waals surface area contributed by atoms with Crippen LogP contribution in [0.2, 0.25) is 0 Å². The predicted molar refractivity (Wildman–Crippen MR) is 95.1 cm³/mol. The van der Waals surface area contributed by atoms with Crippen LogP contribution in [0.5, 0.6) is 0 Å². The van der Waals surface area contributed by atoms with Gasteiger partial charge in [-0.25, -0.2) is 9.78 Å². The number of rotatable bonds is 5. The van der Waals surface area contributed by atoms with E-state index in [4.69, 9.17) is 10.5 Å². The highest BCUT2D eigenvalue weighted by atomic mass is 16.6. The van der Waals surface area contributed by atoms with E-state index in [1.165, 1.54) is 6.33 Å². The molecule has 0 saturated heterocycles. The van der Waals surface area contributed by atoms with Gasteiger partial charge >= 0.3 is 6.09 Å². The number of amides is 2. The summed E-state index contributed by atoms with van der Waals surface area (Å²) >= 11 is 0. The van der Waals surface area contributed by atoms with Crippen molar-refractivity contribution in [2.75, 3.05) is 6.54 Å². The van der Waals surface area contributed by atoms with Crippen molar-refractivity contribution >= 4 is 23.0 Å². The number of nitrogens with zero attached hydrogens (tertiary/aromatic N) is 2. The summed E-state index contributed by atoms with van der Waals surface area (Å²) in [6, 6.07) is 0. The second-order valence-electron chi connectivity index (χ2n) is 7.41. The number of ether oxygens (including phenoxy) is 1. The quantitative estimate of drug-likeness (QED) is 0.737. The highest BCUT2D eigenvalue weighted by Gasteiger charge is 2.34. The first kappa shape index (κ1) is 18.0. The Morgan fingerprint density at radius 3 is 2.69 bits per heavy atom. The largest absolute Gasteiger partial charge is 0.444 e. The number of hydrogen-bond donors (Lipinski definition) is 3. The van der Waals surface area contributed by atoms with Crippen LogP contribution in [0, 0.1) is 0 Å². The molecule has 0 bridgehead atoms. The van der Waals surface area contributed by atoms with E-state index in [1.54, 1.807) is 25.3 Å². The summed E-state index contributed by atoms with van der Waals surface area (Å²) in [4.78, 5) is 42.8. The average Bonchev–Trinajstić information content (AvgIpc) is 3.28. The Labute approximate surface area is 149 Å². The predicted octanol–water partition coefficient (Wildman–Crippen LogP) is 1.23. The Bertz CT molecular complexity index is 918. The Kier molecular flexibility index (Phi) is 4.47. The van der Waals surface area contributed by atoms with Gasteiger partial charge < -0.3 is 25.3 Å². The topological polar surface area (TPSA) is 132 Å². The van der Waals surface area contributed by atoms with E-state index < -0.39 is 17.6 Å². The van der Waals surface area contributed by atoms with Gasteiger partial charge in [-0.15, -0.1) is 0 Å². The summed E-state index contributed by atoms with van der Waals surface area (Å²) in [5, 5.41) is 2.67. The van der Waals surface area contributed by atoms with Gasteiger partial charge in [-0.05, 0) is 33.6 Å². The van der Waals surface area contributed by atoms with Gasteiger partial charge in [-0.3, -0.25) is 9.59 Å². The number of primary amides is 1. The Morgan fingerprint density at radius 2 is 2.12 bits per heavy atom. The van der Waals surface area contributed by atoms with Gasteiger partial charge in [-0.1, -0.05) is 0 Å². The van der Waals surface area contributed by atoms with Crippen molar-refractivity contribution in [2.45, 2.75) is 51.7 Å². The second-order valence-corrected chi connectivity index (χ2v) is 7.41. The van der Waals surface area contributed by atoms with Crippen LogP contribution in [0.4, 0.5) is 4.79 Å². The number of alkyl carbamates (subject to hydrolysis) is 1. The highest BCUT2D eigenvalue weighted by Crippen LogP contribution is 2.44. The monoisotopic (exact) mass is 361 g/mol. The summed E-state index contributed by atoms with van der Waals surface area (Å²) in [7, 11) is 0. The maximum Gasteiger partial charge on any atom is 0.407 e. The Morgan fingerprint density at radius 1 is 1.42 bits per heavy atom. The fraction of sp³-hybridized carbons (Fsp3) is 0.529. The molecule has 3 rings (SSSR count). The molecule has 0 atom stereocenters. The molecular formula is C17H23N5O4. The summed E-state index contributed by atoms with van der Waals surface area (Å²) in [5.74, 6) is -0.429. The number of H-pyrrole nitrogens is 1.